The third-order valence-corrected chi connectivity index (χ3v) is 5.45. The highest BCUT2D eigenvalue weighted by Crippen LogP contribution is 2.19. The average Bonchev–Trinajstić information content (AvgIpc) is 2.64. The molecule has 2 aromatic rings. The number of nitrogens with zero attached hydrogens (tertiary/aromatic N) is 2. The van der Waals surface area contributed by atoms with Crippen LogP contribution in [-0.2, 0) is 16.6 Å². The molecular weight excluding hydrogens is 376 g/mol. The molecule has 0 unspecified atom stereocenters. The quantitative estimate of drug-likeness (QED) is 0.810. The lowest BCUT2D eigenvalue weighted by Gasteiger charge is -2.27. The fourth-order valence-corrected chi connectivity index (χ4v) is 3.64. The summed E-state index contributed by atoms with van der Waals surface area (Å²) >= 11 is 5.79. The van der Waals surface area contributed by atoms with E-state index in [1.54, 1.807) is 7.11 Å². The van der Waals surface area contributed by atoms with Crippen molar-refractivity contribution < 1.29 is 13.2 Å². The van der Waals surface area contributed by atoms with E-state index in [1.807, 2.05) is 29.2 Å². The molecule has 0 aliphatic carbocycles. The molecule has 26 heavy (non-hydrogen) atoms. The van der Waals surface area contributed by atoms with Crippen LogP contribution >= 0.6 is 11.6 Å². The molecule has 0 saturated heterocycles. The molecule has 0 amide bonds. The molecule has 138 valence electrons. The van der Waals surface area contributed by atoms with Crippen LogP contribution in [0, 0.1) is 0 Å². The van der Waals surface area contributed by atoms with E-state index in [2.05, 4.69) is 15.0 Å². The standard InChI is InChI=1S/C17H19ClN4O3S/c1-25-16-5-3-2-4-13(16)10-22-11-19-17(20-12-22)21-26(23,24)15-8-6-14(18)7-9-15/h2-9H,10-12H2,1H3,(H2,19,20,21). The fraction of sp³-hybridized carbons (Fsp3) is 0.235. The van der Waals surface area contributed by atoms with Crippen LogP contribution in [0.3, 0.4) is 0 Å². The third kappa shape index (κ3) is 4.46. The zero-order valence-corrected chi connectivity index (χ0v) is 15.7. The minimum Gasteiger partial charge on any atom is -0.496 e. The molecule has 0 atom stereocenters. The molecule has 1 heterocycles. The molecule has 0 spiro atoms. The van der Waals surface area contributed by atoms with Gasteiger partial charge in [0, 0.05) is 17.1 Å². The normalized spacial score (nSPS) is 15.1. The SMILES string of the molecule is COc1ccccc1CN1CN=C(NS(=O)(=O)c2ccc(Cl)cc2)NC1. The second kappa shape index (κ2) is 7.94. The van der Waals surface area contributed by atoms with Gasteiger partial charge in [0.2, 0.25) is 5.96 Å². The Morgan fingerprint density at radius 3 is 2.62 bits per heavy atom. The zero-order chi connectivity index (χ0) is 18.6. The van der Waals surface area contributed by atoms with Crippen LogP contribution in [-0.4, -0.2) is 39.7 Å². The third-order valence-electron chi connectivity index (χ3n) is 3.84. The number of para-hydroxylation sites is 1. The number of methoxy groups -OCH3 is 1. The Balaban J connectivity index is 1.63. The lowest BCUT2D eigenvalue weighted by molar-refractivity contribution is 0.251. The maximum Gasteiger partial charge on any atom is 0.264 e. The molecule has 1 aliphatic heterocycles. The number of halogens is 1. The van der Waals surface area contributed by atoms with Crippen molar-refractivity contribution in [2.24, 2.45) is 4.99 Å². The first-order valence-electron chi connectivity index (χ1n) is 7.89. The van der Waals surface area contributed by atoms with E-state index < -0.39 is 10.0 Å². The number of sulfonamides is 1. The van der Waals surface area contributed by atoms with Gasteiger partial charge in [0.05, 0.1) is 25.3 Å². The molecule has 3 rings (SSSR count). The average molecular weight is 395 g/mol. The summed E-state index contributed by atoms with van der Waals surface area (Å²) in [5.74, 6) is 1.03. The van der Waals surface area contributed by atoms with Crippen molar-refractivity contribution in [2.75, 3.05) is 20.4 Å². The van der Waals surface area contributed by atoms with Gasteiger partial charge in [0.1, 0.15) is 5.75 Å². The predicted octanol–water partition coefficient (Wildman–Crippen LogP) is 2.00. The highest BCUT2D eigenvalue weighted by Gasteiger charge is 2.20. The Hall–Kier alpha value is -2.29. The second-order valence-electron chi connectivity index (χ2n) is 5.68. The summed E-state index contributed by atoms with van der Waals surface area (Å²) in [7, 11) is -2.07. The van der Waals surface area contributed by atoms with Gasteiger partial charge in [-0.05, 0) is 30.3 Å². The topological polar surface area (TPSA) is 83.0 Å². The zero-order valence-electron chi connectivity index (χ0n) is 14.1. The summed E-state index contributed by atoms with van der Waals surface area (Å²) in [5, 5.41) is 3.46. The Morgan fingerprint density at radius 2 is 1.96 bits per heavy atom. The smallest absolute Gasteiger partial charge is 0.264 e. The van der Waals surface area contributed by atoms with Crippen molar-refractivity contribution in [1.82, 2.24) is 14.9 Å². The Morgan fingerprint density at radius 1 is 1.23 bits per heavy atom. The van der Waals surface area contributed by atoms with E-state index in [9.17, 15) is 8.42 Å². The van der Waals surface area contributed by atoms with E-state index in [1.165, 1.54) is 24.3 Å². The van der Waals surface area contributed by atoms with Crippen LogP contribution in [0.25, 0.3) is 0 Å². The largest absolute Gasteiger partial charge is 0.496 e. The van der Waals surface area contributed by atoms with Crippen molar-refractivity contribution in [1.29, 1.82) is 0 Å². The van der Waals surface area contributed by atoms with Gasteiger partial charge in [-0.3, -0.25) is 4.90 Å². The van der Waals surface area contributed by atoms with Crippen molar-refractivity contribution >= 4 is 27.6 Å². The van der Waals surface area contributed by atoms with E-state index in [-0.39, 0.29) is 10.9 Å². The molecule has 1 aliphatic rings. The van der Waals surface area contributed by atoms with Crippen LogP contribution < -0.4 is 14.8 Å². The maximum atomic E-state index is 12.4. The van der Waals surface area contributed by atoms with Crippen LogP contribution in [0.5, 0.6) is 5.75 Å². The lowest BCUT2D eigenvalue weighted by atomic mass is 10.2. The molecule has 0 aromatic heterocycles. The lowest BCUT2D eigenvalue weighted by Crippen LogP contribution is -2.49. The van der Waals surface area contributed by atoms with E-state index in [0.29, 0.717) is 24.9 Å². The number of hydrogen-bond acceptors (Lipinski definition) is 6. The summed E-state index contributed by atoms with van der Waals surface area (Å²) < 4.78 is 32.5. The molecule has 7 nitrogen and oxygen atoms in total. The first kappa shape index (κ1) is 18.5. The first-order chi connectivity index (χ1) is 12.5. The highest BCUT2D eigenvalue weighted by molar-refractivity contribution is 7.90. The molecule has 0 saturated carbocycles. The number of benzene rings is 2. The van der Waals surface area contributed by atoms with E-state index >= 15 is 0 Å². The van der Waals surface area contributed by atoms with Gasteiger partial charge in [-0.2, -0.15) is 0 Å². The van der Waals surface area contributed by atoms with Gasteiger partial charge >= 0.3 is 0 Å². The second-order valence-corrected chi connectivity index (χ2v) is 7.80. The Kier molecular flexibility index (Phi) is 5.65. The highest BCUT2D eigenvalue weighted by atomic mass is 35.5. The van der Waals surface area contributed by atoms with Gasteiger partial charge in [0.25, 0.3) is 10.0 Å². The van der Waals surface area contributed by atoms with E-state index in [4.69, 9.17) is 16.3 Å². The van der Waals surface area contributed by atoms with Gasteiger partial charge in [-0.15, -0.1) is 0 Å². The van der Waals surface area contributed by atoms with Crippen LogP contribution in [0.4, 0.5) is 0 Å². The summed E-state index contributed by atoms with van der Waals surface area (Å²) in [6.45, 7) is 1.46. The van der Waals surface area contributed by atoms with E-state index in [0.717, 1.165) is 11.3 Å². The summed E-state index contributed by atoms with van der Waals surface area (Å²) in [6, 6.07) is 13.7. The minimum absolute atomic E-state index is 0.128. The fourth-order valence-electron chi connectivity index (χ4n) is 2.51. The summed E-state index contributed by atoms with van der Waals surface area (Å²) in [5.41, 5.74) is 1.04. The molecular formula is C17H19ClN4O3S. The summed E-state index contributed by atoms with van der Waals surface area (Å²) in [4.78, 5) is 6.42. The number of hydrogen-bond donors (Lipinski definition) is 2. The molecule has 9 heteroatoms. The summed E-state index contributed by atoms with van der Waals surface area (Å²) in [6.07, 6.45) is 0. The van der Waals surface area contributed by atoms with Crippen molar-refractivity contribution in [3.8, 4) is 5.75 Å². The number of ether oxygens (including phenoxy) is 1. The van der Waals surface area contributed by atoms with Crippen molar-refractivity contribution in [3.05, 3.63) is 59.1 Å². The number of aliphatic imine (C=N–C) groups is 1. The Labute approximate surface area is 157 Å². The van der Waals surface area contributed by atoms with Crippen LogP contribution in [0.1, 0.15) is 5.56 Å². The van der Waals surface area contributed by atoms with Gasteiger partial charge in [-0.1, -0.05) is 29.8 Å². The maximum absolute atomic E-state index is 12.4. The monoisotopic (exact) mass is 394 g/mol. The number of rotatable bonds is 5. The Bertz CT molecular complexity index is 900. The van der Waals surface area contributed by atoms with Crippen molar-refractivity contribution in [3.63, 3.8) is 0 Å². The minimum atomic E-state index is -3.70. The molecule has 0 radical (unpaired) electrons. The van der Waals surface area contributed by atoms with Gasteiger partial charge < -0.3 is 10.1 Å². The van der Waals surface area contributed by atoms with Crippen molar-refractivity contribution in [2.45, 2.75) is 11.4 Å². The van der Waals surface area contributed by atoms with Crippen LogP contribution in [0.15, 0.2) is 58.4 Å². The predicted molar refractivity (Wildman–Crippen MR) is 101 cm³/mol. The first-order valence-corrected chi connectivity index (χ1v) is 9.75. The molecule has 0 fully saturated rings. The van der Waals surface area contributed by atoms with Gasteiger partial charge in [0.15, 0.2) is 0 Å². The molecule has 2 aromatic carbocycles. The number of guanidine groups is 1. The molecule has 2 N–H and O–H groups in total. The number of nitrogens with one attached hydrogen (secondary N) is 2. The van der Waals surface area contributed by atoms with Gasteiger partial charge in [-0.25, -0.2) is 18.1 Å². The molecule has 0 bridgehead atoms. The van der Waals surface area contributed by atoms with Crippen LogP contribution in [0.2, 0.25) is 5.02 Å².